The highest BCUT2D eigenvalue weighted by atomic mass is 16.6. The SMILES string of the molecule is CC[C@@H]([C@H](NC=O)c1ccc(OC)cc1)[N+](=O)[O-]. The molecule has 2 atom stereocenters. The van der Waals surface area contributed by atoms with Gasteiger partial charge in [-0.1, -0.05) is 19.1 Å². The van der Waals surface area contributed by atoms with Gasteiger partial charge < -0.3 is 10.1 Å². The van der Waals surface area contributed by atoms with Crippen molar-refractivity contribution in [3.63, 3.8) is 0 Å². The summed E-state index contributed by atoms with van der Waals surface area (Å²) >= 11 is 0. The number of hydrogen-bond acceptors (Lipinski definition) is 4. The van der Waals surface area contributed by atoms with E-state index in [1.807, 2.05) is 0 Å². The minimum atomic E-state index is -0.844. The molecule has 0 aliphatic heterocycles. The fourth-order valence-corrected chi connectivity index (χ4v) is 1.82. The Morgan fingerprint density at radius 1 is 1.44 bits per heavy atom. The molecule has 6 nitrogen and oxygen atoms in total. The minimum Gasteiger partial charge on any atom is -0.497 e. The summed E-state index contributed by atoms with van der Waals surface area (Å²) in [5, 5.41) is 13.5. The van der Waals surface area contributed by atoms with Crippen LogP contribution < -0.4 is 10.1 Å². The summed E-state index contributed by atoms with van der Waals surface area (Å²) in [5.74, 6) is 0.665. The number of benzene rings is 1. The third kappa shape index (κ3) is 3.19. The van der Waals surface area contributed by atoms with E-state index >= 15 is 0 Å². The second-order valence-electron chi connectivity index (χ2n) is 3.80. The van der Waals surface area contributed by atoms with Gasteiger partial charge in [0.2, 0.25) is 12.5 Å². The van der Waals surface area contributed by atoms with Crippen LogP contribution in [0.1, 0.15) is 24.9 Å². The number of nitrogens with zero attached hydrogens (tertiary/aromatic N) is 1. The molecule has 0 spiro atoms. The van der Waals surface area contributed by atoms with Crippen LogP contribution in [-0.2, 0) is 4.79 Å². The van der Waals surface area contributed by atoms with Crippen LogP contribution in [0.5, 0.6) is 5.75 Å². The van der Waals surface area contributed by atoms with Gasteiger partial charge in [0.05, 0.1) is 7.11 Å². The average molecular weight is 252 g/mol. The van der Waals surface area contributed by atoms with E-state index in [1.165, 1.54) is 0 Å². The van der Waals surface area contributed by atoms with E-state index in [0.717, 1.165) is 0 Å². The van der Waals surface area contributed by atoms with Crippen LogP contribution in [0.2, 0.25) is 0 Å². The molecule has 98 valence electrons. The lowest BCUT2D eigenvalue weighted by Crippen LogP contribution is -2.36. The first-order valence-corrected chi connectivity index (χ1v) is 5.61. The smallest absolute Gasteiger partial charge is 0.236 e. The van der Waals surface area contributed by atoms with Crippen molar-refractivity contribution < 1.29 is 14.5 Å². The van der Waals surface area contributed by atoms with Gasteiger partial charge in [-0.3, -0.25) is 14.9 Å². The fraction of sp³-hybridized carbons (Fsp3) is 0.417. The molecule has 0 heterocycles. The highest BCUT2D eigenvalue weighted by Gasteiger charge is 2.30. The van der Waals surface area contributed by atoms with Crippen LogP contribution in [0.3, 0.4) is 0 Å². The van der Waals surface area contributed by atoms with Crippen LogP contribution >= 0.6 is 0 Å². The Balaban J connectivity index is 3.01. The van der Waals surface area contributed by atoms with Gasteiger partial charge in [-0.25, -0.2) is 0 Å². The van der Waals surface area contributed by atoms with Gasteiger partial charge in [-0.15, -0.1) is 0 Å². The first kappa shape index (κ1) is 14.0. The number of nitro groups is 1. The highest BCUT2D eigenvalue weighted by molar-refractivity contribution is 5.48. The zero-order valence-electron chi connectivity index (χ0n) is 10.3. The molecule has 1 amide bonds. The number of amides is 1. The zero-order chi connectivity index (χ0) is 13.5. The molecule has 18 heavy (non-hydrogen) atoms. The maximum Gasteiger partial charge on any atom is 0.236 e. The van der Waals surface area contributed by atoms with Gasteiger partial charge in [-0.05, 0) is 17.7 Å². The maximum absolute atomic E-state index is 11.0. The Morgan fingerprint density at radius 2 is 2.06 bits per heavy atom. The summed E-state index contributed by atoms with van der Waals surface area (Å²) in [6.07, 6.45) is 0.825. The van der Waals surface area contributed by atoms with E-state index in [1.54, 1.807) is 38.3 Å². The predicted octanol–water partition coefficient (Wildman–Crippen LogP) is 1.54. The molecule has 0 radical (unpaired) electrons. The molecule has 0 saturated carbocycles. The second kappa shape index (κ2) is 6.58. The first-order valence-electron chi connectivity index (χ1n) is 5.61. The molecule has 1 N–H and O–H groups in total. The molecule has 0 bridgehead atoms. The summed E-state index contributed by atoms with van der Waals surface area (Å²) in [6, 6.07) is 5.37. The minimum absolute atomic E-state index is 0.338. The Bertz CT molecular complexity index is 405. The van der Waals surface area contributed by atoms with Crippen molar-refractivity contribution in [2.75, 3.05) is 7.11 Å². The van der Waals surface area contributed by atoms with E-state index in [2.05, 4.69) is 5.32 Å². The number of nitrogens with one attached hydrogen (secondary N) is 1. The van der Waals surface area contributed by atoms with Gasteiger partial charge in [-0.2, -0.15) is 0 Å². The Labute approximate surface area is 105 Å². The van der Waals surface area contributed by atoms with Crippen molar-refractivity contribution in [3.8, 4) is 5.75 Å². The van der Waals surface area contributed by atoms with Crippen LogP contribution in [0, 0.1) is 10.1 Å². The lowest BCUT2D eigenvalue weighted by Gasteiger charge is -2.19. The van der Waals surface area contributed by atoms with E-state index in [0.29, 0.717) is 24.1 Å². The molecule has 0 aliphatic rings. The maximum atomic E-state index is 11.0. The third-order valence-corrected chi connectivity index (χ3v) is 2.80. The summed E-state index contributed by atoms with van der Waals surface area (Å²) in [5.41, 5.74) is 0.687. The van der Waals surface area contributed by atoms with Gasteiger partial charge in [0.15, 0.2) is 0 Å². The van der Waals surface area contributed by atoms with Crippen LogP contribution in [0.15, 0.2) is 24.3 Å². The Hall–Kier alpha value is -2.11. The molecule has 0 aliphatic carbocycles. The number of hydrogen-bond donors (Lipinski definition) is 1. The fourth-order valence-electron chi connectivity index (χ4n) is 1.82. The Morgan fingerprint density at radius 3 is 2.44 bits per heavy atom. The van der Waals surface area contributed by atoms with E-state index in [4.69, 9.17) is 4.74 Å². The Kier molecular flexibility index (Phi) is 5.10. The molecule has 1 rings (SSSR count). The lowest BCUT2D eigenvalue weighted by atomic mass is 9.98. The van der Waals surface area contributed by atoms with Crippen molar-refractivity contribution in [3.05, 3.63) is 39.9 Å². The average Bonchev–Trinajstić information content (AvgIpc) is 2.38. The first-order chi connectivity index (χ1) is 8.63. The molecular weight excluding hydrogens is 236 g/mol. The van der Waals surface area contributed by atoms with Crippen molar-refractivity contribution in [2.24, 2.45) is 0 Å². The van der Waals surface area contributed by atoms with Gasteiger partial charge in [0.25, 0.3) is 0 Å². The monoisotopic (exact) mass is 252 g/mol. The highest BCUT2D eigenvalue weighted by Crippen LogP contribution is 2.23. The van der Waals surface area contributed by atoms with E-state index in [9.17, 15) is 14.9 Å². The van der Waals surface area contributed by atoms with E-state index < -0.39 is 12.1 Å². The number of carbonyl (C=O) groups excluding carboxylic acids is 1. The van der Waals surface area contributed by atoms with Crippen molar-refractivity contribution in [1.82, 2.24) is 5.32 Å². The van der Waals surface area contributed by atoms with Gasteiger partial charge in [0.1, 0.15) is 11.8 Å². The van der Waals surface area contributed by atoms with Crippen LogP contribution in [0.4, 0.5) is 0 Å². The van der Waals surface area contributed by atoms with Gasteiger partial charge in [0, 0.05) is 11.3 Å². The molecule has 1 aromatic rings. The van der Waals surface area contributed by atoms with Gasteiger partial charge >= 0.3 is 0 Å². The molecule has 1 aromatic carbocycles. The standard InChI is InChI=1S/C12H16N2O4/c1-3-11(14(16)17)12(13-8-15)9-4-6-10(18-2)7-5-9/h4-8,11-12H,3H2,1-2H3,(H,13,15)/t11-,12+/m0/s1. The molecule has 0 aromatic heterocycles. The van der Waals surface area contributed by atoms with Crippen LogP contribution in [-0.4, -0.2) is 24.5 Å². The zero-order valence-corrected chi connectivity index (χ0v) is 10.3. The molecular formula is C12H16N2O4. The second-order valence-corrected chi connectivity index (χ2v) is 3.80. The molecule has 0 fully saturated rings. The molecule has 6 heteroatoms. The van der Waals surface area contributed by atoms with Crippen molar-refractivity contribution in [1.29, 1.82) is 0 Å². The topological polar surface area (TPSA) is 81.5 Å². The summed E-state index contributed by atoms with van der Waals surface area (Å²) < 4.78 is 5.02. The summed E-state index contributed by atoms with van der Waals surface area (Å²) in [6.45, 7) is 1.72. The van der Waals surface area contributed by atoms with Crippen molar-refractivity contribution in [2.45, 2.75) is 25.4 Å². The number of carbonyl (C=O) groups is 1. The molecule has 0 unspecified atom stereocenters. The largest absolute Gasteiger partial charge is 0.497 e. The number of rotatable bonds is 7. The predicted molar refractivity (Wildman–Crippen MR) is 66.0 cm³/mol. The summed E-state index contributed by atoms with van der Waals surface area (Å²) in [4.78, 5) is 21.2. The number of ether oxygens (including phenoxy) is 1. The molecule has 0 saturated heterocycles. The van der Waals surface area contributed by atoms with Crippen molar-refractivity contribution >= 4 is 6.41 Å². The third-order valence-electron chi connectivity index (χ3n) is 2.80. The summed E-state index contributed by atoms with van der Waals surface area (Å²) in [7, 11) is 1.54. The quantitative estimate of drug-likeness (QED) is 0.453. The lowest BCUT2D eigenvalue weighted by molar-refractivity contribution is -0.528. The normalized spacial score (nSPS) is 13.4. The van der Waals surface area contributed by atoms with Crippen LogP contribution in [0.25, 0.3) is 0 Å². The van der Waals surface area contributed by atoms with E-state index in [-0.39, 0.29) is 4.92 Å². The number of methoxy groups -OCH3 is 1.